The molecule has 0 unspecified atom stereocenters. The van der Waals surface area contributed by atoms with E-state index in [9.17, 15) is 0 Å². The Bertz CT molecular complexity index is 1470. The molecule has 2 heteroatoms. The average molecular weight is 501 g/mol. The highest BCUT2D eigenvalue weighted by Crippen LogP contribution is 2.49. The van der Waals surface area contributed by atoms with Gasteiger partial charge >= 0.3 is 0 Å². The van der Waals surface area contributed by atoms with Gasteiger partial charge in [0.15, 0.2) is 0 Å². The number of nitrogens with zero attached hydrogens (tertiary/aromatic N) is 1. The number of hydrogen-bond acceptors (Lipinski definition) is 2. The molecule has 1 heterocycles. The first-order valence-corrected chi connectivity index (χ1v) is 13.3. The van der Waals surface area contributed by atoms with Gasteiger partial charge in [0.05, 0.1) is 0 Å². The fraction of sp³-hybridized carbons (Fsp3) is 0.222. The van der Waals surface area contributed by atoms with Crippen molar-refractivity contribution in [2.75, 3.05) is 24.3 Å². The molecule has 1 aliphatic heterocycles. The summed E-state index contributed by atoms with van der Waals surface area (Å²) in [4.78, 5) is 2.32. The lowest BCUT2D eigenvalue weighted by Gasteiger charge is -2.28. The molecule has 0 saturated heterocycles. The molecule has 0 saturated carbocycles. The van der Waals surface area contributed by atoms with Crippen LogP contribution < -0.4 is 10.2 Å². The number of para-hydroxylation sites is 1. The second-order valence-corrected chi connectivity index (χ2v) is 10.9. The van der Waals surface area contributed by atoms with E-state index < -0.39 is 0 Å². The summed E-state index contributed by atoms with van der Waals surface area (Å²) in [7, 11) is 4.13. The second kappa shape index (κ2) is 11.1. The van der Waals surface area contributed by atoms with Crippen molar-refractivity contribution in [2.24, 2.45) is 0 Å². The van der Waals surface area contributed by atoms with E-state index in [1.54, 1.807) is 0 Å². The minimum Gasteiger partial charge on any atom is -0.388 e. The average Bonchev–Trinajstić information content (AvgIpc) is 3.12. The lowest BCUT2D eigenvalue weighted by molar-refractivity contribution is 0.643. The van der Waals surface area contributed by atoms with Gasteiger partial charge in [-0.2, -0.15) is 0 Å². The van der Waals surface area contributed by atoms with E-state index in [0.717, 1.165) is 11.3 Å². The zero-order valence-electron chi connectivity index (χ0n) is 23.6. The molecular weight excluding hydrogens is 460 g/mol. The molecule has 0 aliphatic carbocycles. The summed E-state index contributed by atoms with van der Waals surface area (Å²) in [5.41, 5.74) is 7.21. The molecule has 38 heavy (non-hydrogen) atoms. The van der Waals surface area contributed by atoms with Crippen molar-refractivity contribution in [3.8, 4) is 0 Å². The van der Waals surface area contributed by atoms with Crippen molar-refractivity contribution in [1.29, 1.82) is 0 Å². The highest BCUT2D eigenvalue weighted by Gasteiger charge is 2.39. The summed E-state index contributed by atoms with van der Waals surface area (Å²) in [6.45, 7) is 13.4. The molecule has 194 valence electrons. The number of nitrogens with one attached hydrogen (secondary N) is 1. The van der Waals surface area contributed by atoms with Crippen molar-refractivity contribution in [3.05, 3.63) is 144 Å². The lowest BCUT2D eigenvalue weighted by atomic mass is 9.77. The van der Waals surface area contributed by atoms with Crippen LogP contribution in [-0.2, 0) is 10.8 Å². The van der Waals surface area contributed by atoms with Gasteiger partial charge in [-0.15, -0.1) is 0 Å². The minimum absolute atomic E-state index is 0.0619. The number of rotatable bonds is 8. The molecule has 0 amide bonds. The van der Waals surface area contributed by atoms with Crippen molar-refractivity contribution in [3.63, 3.8) is 0 Å². The smallest absolute Gasteiger partial charge is 0.0454 e. The van der Waals surface area contributed by atoms with E-state index in [1.165, 1.54) is 33.3 Å². The van der Waals surface area contributed by atoms with Crippen LogP contribution in [0.4, 0.5) is 11.4 Å². The van der Waals surface area contributed by atoms with E-state index in [-0.39, 0.29) is 10.8 Å². The van der Waals surface area contributed by atoms with Crippen LogP contribution in [0.5, 0.6) is 0 Å². The van der Waals surface area contributed by atoms with E-state index in [2.05, 4.69) is 155 Å². The Morgan fingerprint density at radius 2 is 1.47 bits per heavy atom. The third-order valence-corrected chi connectivity index (χ3v) is 7.79. The van der Waals surface area contributed by atoms with Gasteiger partial charge in [-0.25, -0.2) is 0 Å². The molecule has 0 bridgehead atoms. The van der Waals surface area contributed by atoms with Crippen molar-refractivity contribution in [2.45, 2.75) is 38.5 Å². The Hall–Kier alpha value is -4.04. The van der Waals surface area contributed by atoms with Gasteiger partial charge in [0.25, 0.3) is 0 Å². The van der Waals surface area contributed by atoms with E-state index in [0.29, 0.717) is 0 Å². The highest BCUT2D eigenvalue weighted by atomic mass is 15.2. The molecule has 1 aliphatic rings. The van der Waals surface area contributed by atoms with Gasteiger partial charge in [-0.1, -0.05) is 131 Å². The molecule has 0 fully saturated rings. The second-order valence-electron chi connectivity index (χ2n) is 10.9. The summed E-state index contributed by atoms with van der Waals surface area (Å²) in [5, 5.41) is 5.92. The Labute approximate surface area is 229 Å². The molecule has 0 spiro atoms. The summed E-state index contributed by atoms with van der Waals surface area (Å²) >= 11 is 0. The lowest BCUT2D eigenvalue weighted by Crippen LogP contribution is -2.22. The summed E-state index contributed by atoms with van der Waals surface area (Å²) < 4.78 is 0. The Kier molecular flexibility index (Phi) is 7.92. The predicted octanol–water partition coefficient (Wildman–Crippen LogP) is 9.25. The van der Waals surface area contributed by atoms with Gasteiger partial charge in [0.2, 0.25) is 0 Å². The van der Waals surface area contributed by atoms with Crippen molar-refractivity contribution >= 4 is 22.1 Å². The van der Waals surface area contributed by atoms with Gasteiger partial charge in [-0.3, -0.25) is 0 Å². The molecule has 3 aromatic carbocycles. The van der Waals surface area contributed by atoms with E-state index in [1.807, 2.05) is 19.2 Å². The van der Waals surface area contributed by atoms with Crippen LogP contribution in [-0.4, -0.2) is 14.1 Å². The zero-order valence-corrected chi connectivity index (χ0v) is 23.6. The standard InChI is InChI=1S/C36H40N2/c1-27(35(2,3)30-22-17-18-23-31(30)37-6)19-13-11-9-8-10-12-14-24-33-36(4,5)34-29-21-16-15-20-28(29)25-26-32(34)38(33)7/h8-26,37H,1H2,2-7H3/b10-8+,11-9+,14-12+,19-13+,33-24+. The number of hydrogen-bond donors (Lipinski definition) is 1. The molecule has 1 N–H and O–H groups in total. The molecule has 2 nitrogen and oxygen atoms in total. The summed E-state index contributed by atoms with van der Waals surface area (Å²) in [6.07, 6.45) is 18.8. The SMILES string of the molecule is C=C(/C=C/C=C/C=C/C=C/C=C1/N(C)c2ccc3ccccc3c2C1(C)C)C(C)(C)c1ccccc1NC. The first-order chi connectivity index (χ1) is 18.2. The molecular formula is C36H40N2. The minimum atomic E-state index is -0.164. The van der Waals surface area contributed by atoms with Gasteiger partial charge in [-0.05, 0) is 45.7 Å². The summed E-state index contributed by atoms with van der Waals surface area (Å²) in [6, 6.07) is 21.5. The van der Waals surface area contributed by atoms with Gasteiger partial charge < -0.3 is 10.2 Å². The molecule has 4 rings (SSSR count). The highest BCUT2D eigenvalue weighted by molar-refractivity contribution is 5.94. The van der Waals surface area contributed by atoms with Crippen molar-refractivity contribution in [1.82, 2.24) is 0 Å². The maximum absolute atomic E-state index is 4.34. The molecule has 0 radical (unpaired) electrons. The number of anilines is 2. The number of fused-ring (bicyclic) bond motifs is 3. The fourth-order valence-electron chi connectivity index (χ4n) is 5.46. The Morgan fingerprint density at radius 1 is 0.842 bits per heavy atom. The maximum Gasteiger partial charge on any atom is 0.0454 e. The Balaban J connectivity index is 1.39. The van der Waals surface area contributed by atoms with Crippen LogP contribution in [0.2, 0.25) is 0 Å². The third-order valence-electron chi connectivity index (χ3n) is 7.79. The van der Waals surface area contributed by atoms with E-state index in [4.69, 9.17) is 0 Å². The van der Waals surface area contributed by atoms with Crippen LogP contribution in [0.15, 0.2) is 133 Å². The topological polar surface area (TPSA) is 15.3 Å². The van der Waals surface area contributed by atoms with Crippen LogP contribution in [0.25, 0.3) is 10.8 Å². The quantitative estimate of drug-likeness (QED) is 0.310. The number of benzene rings is 3. The van der Waals surface area contributed by atoms with Crippen LogP contribution >= 0.6 is 0 Å². The van der Waals surface area contributed by atoms with Crippen LogP contribution in [0.3, 0.4) is 0 Å². The normalized spacial score (nSPS) is 16.6. The molecule has 0 atom stereocenters. The summed E-state index contributed by atoms with van der Waals surface area (Å²) in [5.74, 6) is 0. The number of likely N-dealkylation sites (N-methyl/N-ethyl adjacent to an activating group) is 1. The molecule has 0 aromatic heterocycles. The van der Waals surface area contributed by atoms with Crippen molar-refractivity contribution < 1.29 is 0 Å². The predicted molar refractivity (Wildman–Crippen MR) is 168 cm³/mol. The maximum atomic E-state index is 4.34. The first kappa shape index (κ1) is 27.0. The Morgan fingerprint density at radius 3 is 2.21 bits per heavy atom. The zero-order chi connectivity index (χ0) is 27.3. The fourth-order valence-corrected chi connectivity index (χ4v) is 5.46. The van der Waals surface area contributed by atoms with Crippen LogP contribution in [0, 0.1) is 0 Å². The van der Waals surface area contributed by atoms with Crippen LogP contribution in [0.1, 0.15) is 38.8 Å². The largest absolute Gasteiger partial charge is 0.388 e. The van der Waals surface area contributed by atoms with E-state index >= 15 is 0 Å². The first-order valence-electron chi connectivity index (χ1n) is 13.3. The van der Waals surface area contributed by atoms with Gasteiger partial charge in [0, 0.05) is 42.0 Å². The third kappa shape index (κ3) is 5.17. The van der Waals surface area contributed by atoms with Gasteiger partial charge in [0.1, 0.15) is 0 Å². The monoisotopic (exact) mass is 500 g/mol. The molecule has 3 aromatic rings. The number of allylic oxidation sites excluding steroid dienone is 11.